The van der Waals surface area contributed by atoms with Gasteiger partial charge >= 0.3 is 0 Å². The minimum atomic E-state index is 0.372. The molecular formula is C5H5BrClNO. The van der Waals surface area contributed by atoms with Crippen LogP contribution in [0.25, 0.3) is 0 Å². The first-order chi connectivity index (χ1) is 4.18. The predicted octanol–water partition coefficient (Wildman–Crippen LogP) is 2.05. The summed E-state index contributed by atoms with van der Waals surface area (Å²) in [6.45, 7) is 0.372. The number of halogens is 2. The van der Waals surface area contributed by atoms with Crippen molar-refractivity contribution in [1.29, 1.82) is 0 Å². The minimum absolute atomic E-state index is 0.372. The van der Waals surface area contributed by atoms with Crippen molar-refractivity contribution in [3.05, 3.63) is 21.8 Å². The Morgan fingerprint density at radius 3 is 2.89 bits per heavy atom. The number of hydrogen-bond acceptors (Lipinski definition) is 2. The summed E-state index contributed by atoms with van der Waals surface area (Å²) in [6, 6.07) is 0. The van der Waals surface area contributed by atoms with Gasteiger partial charge in [0.05, 0.1) is 6.54 Å². The zero-order valence-electron chi connectivity index (χ0n) is 4.51. The predicted molar refractivity (Wildman–Crippen MR) is 39.4 cm³/mol. The molecule has 1 rings (SSSR count). The monoisotopic (exact) mass is 209 g/mol. The van der Waals surface area contributed by atoms with Gasteiger partial charge in [-0.2, -0.15) is 0 Å². The van der Waals surface area contributed by atoms with Crippen LogP contribution in [0.5, 0.6) is 0 Å². The van der Waals surface area contributed by atoms with E-state index in [2.05, 4.69) is 15.9 Å². The van der Waals surface area contributed by atoms with Crippen molar-refractivity contribution in [2.75, 3.05) is 6.54 Å². The molecule has 0 bridgehead atoms. The van der Waals surface area contributed by atoms with Gasteiger partial charge in [-0.15, -0.1) is 0 Å². The van der Waals surface area contributed by atoms with Gasteiger partial charge in [0.15, 0.2) is 0 Å². The molecule has 0 fully saturated rings. The van der Waals surface area contributed by atoms with Crippen LogP contribution in [0.4, 0.5) is 0 Å². The molecular weight excluding hydrogens is 205 g/mol. The number of nitrogens with zero attached hydrogens (tertiary/aromatic N) is 1. The van der Waals surface area contributed by atoms with Crippen molar-refractivity contribution in [3.63, 3.8) is 0 Å². The Bertz CT molecular complexity index is 178. The van der Waals surface area contributed by atoms with E-state index < -0.39 is 0 Å². The Morgan fingerprint density at radius 1 is 1.78 bits per heavy atom. The third-order valence-corrected chi connectivity index (χ3v) is 1.54. The highest BCUT2D eigenvalue weighted by Gasteiger charge is 2.04. The molecule has 9 heavy (non-hydrogen) atoms. The lowest BCUT2D eigenvalue weighted by Gasteiger charge is -2.15. The fourth-order valence-electron chi connectivity index (χ4n) is 0.575. The first-order valence-electron chi connectivity index (χ1n) is 2.37. The van der Waals surface area contributed by atoms with Gasteiger partial charge in [-0.05, 0) is 22.0 Å². The van der Waals surface area contributed by atoms with Crippen LogP contribution < -0.4 is 0 Å². The van der Waals surface area contributed by atoms with Crippen molar-refractivity contribution in [2.24, 2.45) is 0 Å². The van der Waals surface area contributed by atoms with Gasteiger partial charge in [-0.25, -0.2) is 0 Å². The SMILES string of the molecule is ON1C=C(Br)C=C(Cl)C1. The van der Waals surface area contributed by atoms with Gasteiger partial charge in [-0.1, -0.05) is 11.6 Å². The molecule has 1 N–H and O–H groups in total. The summed E-state index contributed by atoms with van der Waals surface area (Å²) in [5.41, 5.74) is 0. The summed E-state index contributed by atoms with van der Waals surface area (Å²) >= 11 is 8.76. The summed E-state index contributed by atoms with van der Waals surface area (Å²) in [6.07, 6.45) is 3.29. The zero-order chi connectivity index (χ0) is 6.85. The molecule has 0 saturated heterocycles. The molecule has 0 aromatic rings. The van der Waals surface area contributed by atoms with Gasteiger partial charge in [0.25, 0.3) is 0 Å². The van der Waals surface area contributed by atoms with Crippen molar-refractivity contribution in [1.82, 2.24) is 5.06 Å². The summed E-state index contributed by atoms with van der Waals surface area (Å²) in [5.74, 6) is 0. The van der Waals surface area contributed by atoms with Crippen LogP contribution in [0.1, 0.15) is 0 Å². The Hall–Kier alpha value is 0.01000. The summed E-state index contributed by atoms with van der Waals surface area (Å²) in [5, 5.41) is 10.5. The summed E-state index contributed by atoms with van der Waals surface area (Å²) in [4.78, 5) is 0. The van der Waals surface area contributed by atoms with E-state index in [1.807, 2.05) is 0 Å². The normalized spacial score (nSPS) is 19.2. The summed E-state index contributed by atoms with van der Waals surface area (Å²) < 4.78 is 0.779. The maximum Gasteiger partial charge on any atom is 0.0804 e. The molecule has 0 saturated carbocycles. The second-order valence-electron chi connectivity index (χ2n) is 1.70. The van der Waals surface area contributed by atoms with Crippen LogP contribution in [-0.4, -0.2) is 16.8 Å². The smallest absolute Gasteiger partial charge is 0.0804 e. The average molecular weight is 210 g/mol. The second-order valence-corrected chi connectivity index (χ2v) is 3.10. The first-order valence-corrected chi connectivity index (χ1v) is 3.54. The van der Waals surface area contributed by atoms with Gasteiger partial charge in [0.1, 0.15) is 0 Å². The molecule has 1 aliphatic heterocycles. The van der Waals surface area contributed by atoms with E-state index in [1.54, 1.807) is 12.3 Å². The third-order valence-electron chi connectivity index (χ3n) is 0.880. The molecule has 0 spiro atoms. The molecule has 0 radical (unpaired) electrons. The van der Waals surface area contributed by atoms with Crippen LogP contribution in [-0.2, 0) is 0 Å². The number of rotatable bonds is 0. The van der Waals surface area contributed by atoms with Crippen molar-refractivity contribution in [2.45, 2.75) is 0 Å². The zero-order valence-corrected chi connectivity index (χ0v) is 6.85. The van der Waals surface area contributed by atoms with E-state index in [1.165, 1.54) is 0 Å². The van der Waals surface area contributed by atoms with Crippen LogP contribution in [0.2, 0.25) is 0 Å². The van der Waals surface area contributed by atoms with Crippen molar-refractivity contribution >= 4 is 27.5 Å². The van der Waals surface area contributed by atoms with E-state index >= 15 is 0 Å². The molecule has 1 heterocycles. The van der Waals surface area contributed by atoms with Crippen LogP contribution in [0, 0.1) is 0 Å². The van der Waals surface area contributed by atoms with Crippen molar-refractivity contribution in [3.8, 4) is 0 Å². The topological polar surface area (TPSA) is 23.5 Å². The number of hydrogen-bond donors (Lipinski definition) is 1. The molecule has 0 aromatic heterocycles. The van der Waals surface area contributed by atoms with E-state index in [9.17, 15) is 0 Å². The van der Waals surface area contributed by atoms with E-state index in [0.29, 0.717) is 11.6 Å². The van der Waals surface area contributed by atoms with E-state index in [4.69, 9.17) is 16.8 Å². The third kappa shape index (κ3) is 2.01. The first kappa shape index (κ1) is 7.12. The lowest BCUT2D eigenvalue weighted by atomic mass is 10.4. The molecule has 0 aliphatic carbocycles. The Balaban J connectivity index is 2.74. The average Bonchev–Trinajstić information content (AvgIpc) is 1.59. The fourth-order valence-corrected chi connectivity index (χ4v) is 1.46. The quantitative estimate of drug-likeness (QED) is 0.661. The highest BCUT2D eigenvalue weighted by Crippen LogP contribution is 2.18. The number of allylic oxidation sites excluding steroid dienone is 2. The molecule has 4 heteroatoms. The molecule has 0 aromatic carbocycles. The Morgan fingerprint density at radius 2 is 2.44 bits per heavy atom. The highest BCUT2D eigenvalue weighted by atomic mass is 79.9. The van der Waals surface area contributed by atoms with Crippen LogP contribution in [0.15, 0.2) is 21.8 Å². The molecule has 1 aliphatic rings. The minimum Gasteiger partial charge on any atom is -0.289 e. The molecule has 2 nitrogen and oxygen atoms in total. The van der Waals surface area contributed by atoms with Gasteiger partial charge in [-0.3, -0.25) is 10.3 Å². The maximum absolute atomic E-state index is 8.85. The van der Waals surface area contributed by atoms with Crippen molar-refractivity contribution < 1.29 is 5.21 Å². The fraction of sp³-hybridized carbons (Fsp3) is 0.200. The van der Waals surface area contributed by atoms with Crippen LogP contribution in [0.3, 0.4) is 0 Å². The molecule has 0 atom stereocenters. The maximum atomic E-state index is 8.85. The lowest BCUT2D eigenvalue weighted by molar-refractivity contribution is -0.0314. The molecule has 0 unspecified atom stereocenters. The Labute approximate surface area is 66.5 Å². The highest BCUT2D eigenvalue weighted by molar-refractivity contribution is 9.11. The molecule has 0 amide bonds. The van der Waals surface area contributed by atoms with E-state index in [0.717, 1.165) is 9.55 Å². The Kier molecular flexibility index (Phi) is 2.16. The number of hydroxylamine groups is 2. The van der Waals surface area contributed by atoms with Crippen LogP contribution >= 0.6 is 27.5 Å². The van der Waals surface area contributed by atoms with Gasteiger partial charge < -0.3 is 0 Å². The second kappa shape index (κ2) is 2.73. The van der Waals surface area contributed by atoms with Gasteiger partial charge in [0.2, 0.25) is 0 Å². The molecule has 50 valence electrons. The summed E-state index contributed by atoms with van der Waals surface area (Å²) in [7, 11) is 0. The standard InChI is InChI=1S/C5H5BrClNO/c6-4-1-5(7)3-8(9)2-4/h1-2,9H,3H2. The van der Waals surface area contributed by atoms with Gasteiger partial charge in [0, 0.05) is 15.7 Å². The lowest BCUT2D eigenvalue weighted by Crippen LogP contribution is -2.16. The van der Waals surface area contributed by atoms with E-state index in [-0.39, 0.29) is 0 Å². The largest absolute Gasteiger partial charge is 0.289 e.